The van der Waals surface area contributed by atoms with Crippen molar-refractivity contribution in [2.24, 2.45) is 0 Å². The van der Waals surface area contributed by atoms with E-state index in [1.807, 2.05) is 0 Å². The zero-order valence-corrected chi connectivity index (χ0v) is 23.6. The summed E-state index contributed by atoms with van der Waals surface area (Å²) in [6, 6.07) is 21.2. The lowest BCUT2D eigenvalue weighted by Gasteiger charge is -2.34. The van der Waals surface area contributed by atoms with Gasteiger partial charge >= 0.3 is 0 Å². The Morgan fingerprint density at radius 1 is 0.500 bits per heavy atom. The fourth-order valence-corrected chi connectivity index (χ4v) is 4.29. The van der Waals surface area contributed by atoms with Crippen LogP contribution < -0.4 is 0 Å². The molecule has 4 rings (SSSR count). The molecule has 0 aromatic heterocycles. The minimum absolute atomic E-state index is 0.0872. The molecule has 0 aliphatic rings. The van der Waals surface area contributed by atoms with Crippen LogP contribution >= 0.6 is 0 Å². The van der Waals surface area contributed by atoms with Gasteiger partial charge < -0.3 is 30.6 Å². The minimum Gasteiger partial charge on any atom is -0.508 e. The fraction of sp³-hybridized carbons (Fsp3) is 0.118. The smallest absolute Gasteiger partial charge is 0.265 e. The van der Waals surface area contributed by atoms with Gasteiger partial charge in [0.05, 0.1) is 0 Å². The van der Waals surface area contributed by atoms with Crippen molar-refractivity contribution in [2.45, 2.75) is 12.8 Å². The van der Waals surface area contributed by atoms with Gasteiger partial charge in [-0.05, 0) is 95.8 Å². The molecule has 0 fully saturated rings. The van der Waals surface area contributed by atoms with E-state index in [-0.39, 0.29) is 47.6 Å². The second-order valence-electron chi connectivity index (χ2n) is 9.92. The quantitative estimate of drug-likeness (QED) is 0.0872. The maximum absolute atomic E-state index is 13.7. The van der Waals surface area contributed by atoms with Gasteiger partial charge in [0, 0.05) is 25.2 Å². The van der Waals surface area contributed by atoms with Gasteiger partial charge in [-0.25, -0.2) is 10.0 Å². The van der Waals surface area contributed by atoms with Crippen molar-refractivity contribution in [3.05, 3.63) is 119 Å². The number of benzene rings is 4. The highest BCUT2D eigenvalue weighted by Gasteiger charge is 2.23. The van der Waals surface area contributed by atoms with Crippen LogP contribution in [0, 0.1) is 0 Å². The third-order valence-electron chi connectivity index (χ3n) is 6.73. The maximum Gasteiger partial charge on any atom is 0.265 e. The van der Waals surface area contributed by atoms with Gasteiger partial charge in [-0.2, -0.15) is 0 Å². The first-order valence-corrected chi connectivity index (χ1v) is 13.7. The summed E-state index contributed by atoms with van der Waals surface area (Å²) in [6.07, 6.45) is 6.10. The summed E-state index contributed by atoms with van der Waals surface area (Å²) in [6.45, 7) is 0.174. The predicted molar refractivity (Wildman–Crippen MR) is 165 cm³/mol. The summed E-state index contributed by atoms with van der Waals surface area (Å²) in [5.74, 6) is -2.18. The summed E-state index contributed by atoms with van der Waals surface area (Å²) in [4.78, 5) is 27.4. The van der Waals surface area contributed by atoms with E-state index in [1.54, 1.807) is 24.3 Å². The first-order valence-electron chi connectivity index (χ1n) is 13.7. The second-order valence-corrected chi connectivity index (χ2v) is 9.92. The molecular weight excluding hydrogens is 564 g/mol. The van der Waals surface area contributed by atoms with Crippen LogP contribution in [0.1, 0.15) is 22.3 Å². The zero-order chi connectivity index (χ0) is 31.6. The lowest BCUT2D eigenvalue weighted by atomic mass is 10.1. The molecule has 0 saturated heterocycles. The van der Waals surface area contributed by atoms with E-state index in [0.717, 1.165) is 11.1 Å². The molecule has 0 radical (unpaired) electrons. The van der Waals surface area contributed by atoms with Crippen LogP contribution in [0.4, 0.5) is 0 Å². The molecule has 0 atom stereocenters. The highest BCUT2D eigenvalue weighted by molar-refractivity contribution is 5.96. The first-order chi connectivity index (χ1) is 21.1. The molecule has 0 saturated carbocycles. The van der Waals surface area contributed by atoms with Gasteiger partial charge in [-0.15, -0.1) is 0 Å². The number of amides is 2. The van der Waals surface area contributed by atoms with Gasteiger partial charge in [0.15, 0.2) is 23.0 Å². The monoisotopic (exact) mass is 596 g/mol. The molecule has 4 aromatic carbocycles. The third kappa shape index (κ3) is 8.56. The van der Waals surface area contributed by atoms with Crippen LogP contribution in [0.15, 0.2) is 97.1 Å². The number of carbonyl (C=O) groups is 2. The molecule has 0 unspecified atom stereocenters. The molecular formula is C34H32N2O8. The Kier molecular flexibility index (Phi) is 10.1. The topological polar surface area (TPSA) is 162 Å². The lowest BCUT2D eigenvalue weighted by molar-refractivity contribution is -0.157. The van der Waals surface area contributed by atoms with Crippen LogP contribution in [-0.4, -0.2) is 65.6 Å². The number of carbonyl (C=O) groups excluding carboxylic acids is 2. The van der Waals surface area contributed by atoms with E-state index in [1.165, 1.54) is 95.0 Å². The first kappa shape index (κ1) is 31.0. The summed E-state index contributed by atoms with van der Waals surface area (Å²) in [7, 11) is 0. The molecule has 10 nitrogen and oxygen atoms in total. The minimum atomic E-state index is -0.536. The summed E-state index contributed by atoms with van der Waals surface area (Å²) >= 11 is 0. The average Bonchev–Trinajstić information content (AvgIpc) is 3.01. The van der Waals surface area contributed by atoms with E-state index >= 15 is 0 Å². The Hall–Kier alpha value is -5.90. The summed E-state index contributed by atoms with van der Waals surface area (Å²) < 4.78 is 0. The van der Waals surface area contributed by atoms with Gasteiger partial charge in [0.2, 0.25) is 0 Å². The summed E-state index contributed by atoms with van der Waals surface area (Å²) in [5, 5.41) is 60.8. The normalized spacial score (nSPS) is 11.2. The molecule has 6 N–H and O–H groups in total. The maximum atomic E-state index is 13.7. The van der Waals surface area contributed by atoms with E-state index in [0.29, 0.717) is 24.0 Å². The molecule has 4 aromatic rings. The van der Waals surface area contributed by atoms with Crippen LogP contribution in [-0.2, 0) is 22.4 Å². The number of phenolic OH excluding ortho intramolecular Hbond substituents is 6. The van der Waals surface area contributed by atoms with Crippen molar-refractivity contribution in [2.75, 3.05) is 13.1 Å². The van der Waals surface area contributed by atoms with Crippen LogP contribution in [0.25, 0.3) is 12.2 Å². The molecule has 0 heterocycles. The second kappa shape index (κ2) is 14.3. The van der Waals surface area contributed by atoms with Crippen molar-refractivity contribution < 1.29 is 40.2 Å². The summed E-state index contributed by atoms with van der Waals surface area (Å²) in [5.41, 5.74) is 2.52. The predicted octanol–water partition coefficient (Wildman–Crippen LogP) is 4.70. The largest absolute Gasteiger partial charge is 0.508 e. The van der Waals surface area contributed by atoms with Crippen LogP contribution in [0.2, 0.25) is 0 Å². The van der Waals surface area contributed by atoms with Gasteiger partial charge in [-0.1, -0.05) is 36.4 Å². The standard InChI is InChI=1S/C34H32N2O8/c37-27-9-1-23(2-10-27)17-19-35(33(43)15-7-25-5-13-29(39)31(41)21-25)36(20-18-24-3-11-28(38)12-4-24)34(44)16-8-26-6-14-30(40)32(42)22-26/h1-16,21-22,37-42H,17-20H2/b15-7+,16-8+. The van der Waals surface area contributed by atoms with Crippen molar-refractivity contribution in [1.82, 2.24) is 10.0 Å². The number of phenols is 6. The number of hydrogen-bond donors (Lipinski definition) is 6. The van der Waals surface area contributed by atoms with Crippen LogP contribution in [0.5, 0.6) is 34.5 Å². The zero-order valence-electron chi connectivity index (χ0n) is 23.6. The highest BCUT2D eigenvalue weighted by Crippen LogP contribution is 2.26. The van der Waals surface area contributed by atoms with E-state index in [2.05, 4.69) is 0 Å². The Labute approximate surface area is 253 Å². The molecule has 226 valence electrons. The number of rotatable bonds is 10. The van der Waals surface area contributed by atoms with Crippen molar-refractivity contribution in [3.63, 3.8) is 0 Å². The van der Waals surface area contributed by atoms with Crippen molar-refractivity contribution >= 4 is 24.0 Å². The molecule has 0 bridgehead atoms. The van der Waals surface area contributed by atoms with Crippen LogP contribution in [0.3, 0.4) is 0 Å². The van der Waals surface area contributed by atoms with Gasteiger partial charge in [0.1, 0.15) is 11.5 Å². The number of aromatic hydroxyl groups is 6. The molecule has 0 spiro atoms. The van der Waals surface area contributed by atoms with Gasteiger partial charge in [-0.3, -0.25) is 9.59 Å². The SMILES string of the molecule is O=C(/C=C/c1ccc(O)c(O)c1)N(CCc1ccc(O)cc1)N(CCc1ccc(O)cc1)C(=O)/C=C/c1ccc(O)c(O)c1. The average molecular weight is 597 g/mol. The van der Waals surface area contributed by atoms with Gasteiger partial charge in [0.25, 0.3) is 11.8 Å². The van der Waals surface area contributed by atoms with E-state index in [4.69, 9.17) is 0 Å². The van der Waals surface area contributed by atoms with Crippen molar-refractivity contribution in [1.29, 1.82) is 0 Å². The number of hydrogen-bond acceptors (Lipinski definition) is 8. The third-order valence-corrected chi connectivity index (χ3v) is 6.73. The Morgan fingerprint density at radius 2 is 0.864 bits per heavy atom. The Morgan fingerprint density at radius 3 is 1.20 bits per heavy atom. The van der Waals surface area contributed by atoms with Crippen molar-refractivity contribution in [3.8, 4) is 34.5 Å². The Balaban J connectivity index is 1.66. The molecule has 0 aliphatic carbocycles. The highest BCUT2D eigenvalue weighted by atomic mass is 16.3. The molecule has 2 amide bonds. The number of hydrazine groups is 1. The van der Waals surface area contributed by atoms with E-state index in [9.17, 15) is 40.2 Å². The molecule has 0 aliphatic heterocycles. The molecule has 10 heteroatoms. The molecule has 44 heavy (non-hydrogen) atoms. The number of nitrogens with zero attached hydrogens (tertiary/aromatic N) is 2. The van der Waals surface area contributed by atoms with E-state index < -0.39 is 11.8 Å². The lowest BCUT2D eigenvalue weighted by Crippen LogP contribution is -2.50. The Bertz CT molecular complexity index is 1540. The fourth-order valence-electron chi connectivity index (χ4n) is 4.29.